The molecule has 4 rings (SSSR count). The molecule has 0 atom stereocenters. The SMILES string of the molecule is Cc1nc(N2CCOCC2)ccc1NCc1cccc2[nH]ccc12. The molecule has 1 aromatic carbocycles. The Labute approximate surface area is 141 Å². The van der Waals surface area contributed by atoms with Crippen molar-refractivity contribution in [3.8, 4) is 0 Å². The van der Waals surface area contributed by atoms with E-state index in [1.54, 1.807) is 0 Å². The maximum atomic E-state index is 5.41. The van der Waals surface area contributed by atoms with Gasteiger partial charge in [-0.3, -0.25) is 0 Å². The Morgan fingerprint density at radius 3 is 2.88 bits per heavy atom. The van der Waals surface area contributed by atoms with Crippen LogP contribution < -0.4 is 10.2 Å². The number of anilines is 2. The molecule has 24 heavy (non-hydrogen) atoms. The second-order valence-electron chi connectivity index (χ2n) is 6.11. The highest BCUT2D eigenvalue weighted by Crippen LogP contribution is 2.22. The summed E-state index contributed by atoms with van der Waals surface area (Å²) in [5, 5.41) is 4.79. The van der Waals surface area contributed by atoms with Gasteiger partial charge in [0, 0.05) is 36.7 Å². The van der Waals surface area contributed by atoms with E-state index in [1.807, 2.05) is 6.20 Å². The van der Waals surface area contributed by atoms with Crippen molar-refractivity contribution in [3.63, 3.8) is 0 Å². The van der Waals surface area contributed by atoms with Crippen molar-refractivity contribution in [1.29, 1.82) is 0 Å². The van der Waals surface area contributed by atoms with Gasteiger partial charge >= 0.3 is 0 Å². The summed E-state index contributed by atoms with van der Waals surface area (Å²) in [5.74, 6) is 1.04. The zero-order chi connectivity index (χ0) is 16.4. The Morgan fingerprint density at radius 2 is 2.04 bits per heavy atom. The van der Waals surface area contributed by atoms with Crippen LogP contribution in [0.4, 0.5) is 11.5 Å². The lowest BCUT2D eigenvalue weighted by Crippen LogP contribution is -2.36. The van der Waals surface area contributed by atoms with E-state index in [2.05, 4.69) is 58.5 Å². The Balaban J connectivity index is 1.49. The fraction of sp³-hybridized carbons (Fsp3) is 0.316. The maximum Gasteiger partial charge on any atom is 0.129 e. The van der Waals surface area contributed by atoms with Crippen LogP contribution in [0.1, 0.15) is 11.3 Å². The number of aryl methyl sites for hydroxylation is 1. The molecule has 0 aliphatic carbocycles. The maximum absolute atomic E-state index is 5.41. The number of nitrogens with zero attached hydrogens (tertiary/aromatic N) is 2. The second-order valence-corrected chi connectivity index (χ2v) is 6.11. The molecule has 0 spiro atoms. The summed E-state index contributed by atoms with van der Waals surface area (Å²) in [4.78, 5) is 10.3. The van der Waals surface area contributed by atoms with Gasteiger partial charge in [-0.05, 0) is 36.8 Å². The van der Waals surface area contributed by atoms with E-state index in [9.17, 15) is 0 Å². The van der Waals surface area contributed by atoms with Crippen molar-refractivity contribution < 1.29 is 4.74 Å². The van der Waals surface area contributed by atoms with Gasteiger partial charge in [0.25, 0.3) is 0 Å². The number of pyridine rings is 1. The average molecular weight is 322 g/mol. The van der Waals surface area contributed by atoms with E-state index >= 15 is 0 Å². The first-order chi connectivity index (χ1) is 11.8. The molecule has 0 saturated carbocycles. The van der Waals surface area contributed by atoms with Gasteiger partial charge in [-0.1, -0.05) is 12.1 Å². The molecule has 1 fully saturated rings. The highest BCUT2D eigenvalue weighted by molar-refractivity contribution is 5.83. The first-order valence-electron chi connectivity index (χ1n) is 8.40. The van der Waals surface area contributed by atoms with Crippen molar-refractivity contribution in [2.24, 2.45) is 0 Å². The number of benzene rings is 1. The summed E-state index contributed by atoms with van der Waals surface area (Å²) >= 11 is 0. The summed E-state index contributed by atoms with van der Waals surface area (Å²) in [7, 11) is 0. The number of fused-ring (bicyclic) bond motifs is 1. The molecule has 1 aliphatic heterocycles. The molecule has 2 N–H and O–H groups in total. The van der Waals surface area contributed by atoms with Crippen LogP contribution in [0.3, 0.4) is 0 Å². The van der Waals surface area contributed by atoms with Crippen LogP contribution in [0.25, 0.3) is 10.9 Å². The molecule has 124 valence electrons. The highest BCUT2D eigenvalue weighted by atomic mass is 16.5. The van der Waals surface area contributed by atoms with Crippen LogP contribution in [0, 0.1) is 6.92 Å². The molecule has 3 aromatic rings. The lowest BCUT2D eigenvalue weighted by Gasteiger charge is -2.28. The van der Waals surface area contributed by atoms with Crippen molar-refractivity contribution in [1.82, 2.24) is 9.97 Å². The molecule has 0 radical (unpaired) electrons. The Kier molecular flexibility index (Phi) is 4.09. The number of ether oxygens (including phenoxy) is 1. The Bertz CT molecular complexity index is 836. The highest BCUT2D eigenvalue weighted by Gasteiger charge is 2.13. The number of hydrogen-bond acceptors (Lipinski definition) is 4. The number of hydrogen-bond donors (Lipinski definition) is 2. The summed E-state index contributed by atoms with van der Waals surface area (Å²) in [6.07, 6.45) is 1.98. The average Bonchev–Trinajstić information content (AvgIpc) is 3.11. The lowest BCUT2D eigenvalue weighted by atomic mass is 10.1. The fourth-order valence-electron chi connectivity index (χ4n) is 3.20. The zero-order valence-corrected chi connectivity index (χ0v) is 13.9. The smallest absolute Gasteiger partial charge is 0.129 e. The quantitative estimate of drug-likeness (QED) is 0.774. The van der Waals surface area contributed by atoms with Gasteiger partial charge in [-0.25, -0.2) is 4.98 Å². The van der Waals surface area contributed by atoms with E-state index in [0.29, 0.717) is 0 Å². The molecule has 5 nitrogen and oxygen atoms in total. The van der Waals surface area contributed by atoms with Crippen molar-refractivity contribution in [2.75, 3.05) is 36.5 Å². The number of H-pyrrole nitrogens is 1. The molecule has 2 aromatic heterocycles. The van der Waals surface area contributed by atoms with Crippen LogP contribution in [-0.2, 0) is 11.3 Å². The third kappa shape index (κ3) is 2.95. The van der Waals surface area contributed by atoms with Gasteiger partial charge < -0.3 is 19.9 Å². The summed E-state index contributed by atoms with van der Waals surface area (Å²) in [6.45, 7) is 6.23. The van der Waals surface area contributed by atoms with Crippen LogP contribution in [0.2, 0.25) is 0 Å². The van der Waals surface area contributed by atoms with Crippen molar-refractivity contribution >= 4 is 22.4 Å². The van der Waals surface area contributed by atoms with E-state index in [-0.39, 0.29) is 0 Å². The fourth-order valence-corrected chi connectivity index (χ4v) is 3.20. The molecule has 1 aliphatic rings. The standard InChI is InChI=1S/C19H22N4O/c1-14-17(5-6-19(22-14)23-9-11-24-12-10-23)21-13-15-3-2-4-18-16(15)7-8-20-18/h2-8,20-21H,9-13H2,1H3. The molecule has 1 saturated heterocycles. The Hall–Kier alpha value is -2.53. The van der Waals surface area contributed by atoms with Crippen LogP contribution in [-0.4, -0.2) is 36.3 Å². The van der Waals surface area contributed by atoms with Crippen LogP contribution >= 0.6 is 0 Å². The first kappa shape index (κ1) is 15.0. The van der Waals surface area contributed by atoms with Crippen molar-refractivity contribution in [2.45, 2.75) is 13.5 Å². The number of nitrogens with one attached hydrogen (secondary N) is 2. The van der Waals surface area contributed by atoms with Crippen molar-refractivity contribution in [3.05, 3.63) is 53.9 Å². The first-order valence-corrected chi connectivity index (χ1v) is 8.40. The lowest BCUT2D eigenvalue weighted by molar-refractivity contribution is 0.122. The van der Waals surface area contributed by atoms with Gasteiger partial charge in [0.05, 0.1) is 24.6 Å². The minimum Gasteiger partial charge on any atom is -0.379 e. The van der Waals surface area contributed by atoms with Crippen LogP contribution in [0.15, 0.2) is 42.6 Å². The summed E-state index contributed by atoms with van der Waals surface area (Å²) in [6, 6.07) is 12.7. The van der Waals surface area contributed by atoms with Gasteiger partial charge in [0.2, 0.25) is 0 Å². The molecular formula is C19H22N4O. The minimum absolute atomic E-state index is 0.779. The van der Waals surface area contributed by atoms with Crippen LogP contribution in [0.5, 0.6) is 0 Å². The third-order valence-electron chi connectivity index (χ3n) is 4.56. The number of morpholine rings is 1. The molecule has 5 heteroatoms. The zero-order valence-electron chi connectivity index (χ0n) is 13.9. The summed E-state index contributed by atoms with van der Waals surface area (Å²) in [5.41, 5.74) is 4.57. The van der Waals surface area contributed by atoms with Gasteiger partial charge in [-0.15, -0.1) is 0 Å². The monoisotopic (exact) mass is 322 g/mol. The third-order valence-corrected chi connectivity index (χ3v) is 4.56. The molecule has 3 heterocycles. The number of aromatic nitrogens is 2. The second kappa shape index (κ2) is 6.53. The molecular weight excluding hydrogens is 300 g/mol. The van der Waals surface area contributed by atoms with Gasteiger partial charge in [-0.2, -0.15) is 0 Å². The topological polar surface area (TPSA) is 53.2 Å². The van der Waals surface area contributed by atoms with E-state index in [1.165, 1.54) is 16.5 Å². The largest absolute Gasteiger partial charge is 0.379 e. The van der Waals surface area contributed by atoms with E-state index in [4.69, 9.17) is 9.72 Å². The van der Waals surface area contributed by atoms with E-state index in [0.717, 1.165) is 50.0 Å². The molecule has 0 unspecified atom stereocenters. The van der Waals surface area contributed by atoms with Gasteiger partial charge in [0.15, 0.2) is 0 Å². The molecule has 0 bridgehead atoms. The number of rotatable bonds is 4. The normalized spacial score (nSPS) is 15.0. The van der Waals surface area contributed by atoms with E-state index < -0.39 is 0 Å². The Morgan fingerprint density at radius 1 is 1.17 bits per heavy atom. The number of aromatic amines is 1. The minimum atomic E-state index is 0.779. The molecule has 0 amide bonds. The summed E-state index contributed by atoms with van der Waals surface area (Å²) < 4.78 is 5.41. The predicted octanol–water partition coefficient (Wildman–Crippen LogP) is 3.32. The predicted molar refractivity (Wildman–Crippen MR) is 97.6 cm³/mol. The van der Waals surface area contributed by atoms with Gasteiger partial charge in [0.1, 0.15) is 5.82 Å².